The van der Waals surface area contributed by atoms with Crippen molar-refractivity contribution in [3.05, 3.63) is 84.5 Å². The van der Waals surface area contributed by atoms with Gasteiger partial charge >= 0.3 is 0 Å². The minimum Gasteiger partial charge on any atom is -0.203 e. The van der Waals surface area contributed by atoms with Crippen molar-refractivity contribution in [3.8, 4) is 0 Å². The fraction of sp³-hybridized carbons (Fsp3) is 0.417. The average molecular weight is 351 g/mol. The van der Waals surface area contributed by atoms with E-state index >= 15 is 0 Å². The molecular formula is C24H34N2+2. The summed E-state index contributed by atoms with van der Waals surface area (Å²) in [5, 5.41) is 0. The highest BCUT2D eigenvalue weighted by atomic mass is 14.9. The van der Waals surface area contributed by atoms with Gasteiger partial charge in [0.1, 0.15) is 13.1 Å². The van der Waals surface area contributed by atoms with E-state index in [9.17, 15) is 0 Å². The van der Waals surface area contributed by atoms with Gasteiger partial charge in [-0.2, -0.15) is 0 Å². The molecule has 0 aromatic carbocycles. The molecule has 2 heterocycles. The van der Waals surface area contributed by atoms with Crippen LogP contribution in [0.15, 0.2) is 73.1 Å². The molecule has 0 fully saturated rings. The maximum absolute atomic E-state index is 2.33. The van der Waals surface area contributed by atoms with E-state index in [-0.39, 0.29) is 0 Å². The second kappa shape index (κ2) is 12.2. The van der Waals surface area contributed by atoms with Crippen LogP contribution in [0.3, 0.4) is 0 Å². The molecule has 0 saturated heterocycles. The molecule has 0 atom stereocenters. The monoisotopic (exact) mass is 350 g/mol. The van der Waals surface area contributed by atoms with E-state index in [0.29, 0.717) is 0 Å². The lowest BCUT2D eigenvalue weighted by Gasteiger charge is -1.99. The zero-order valence-electron chi connectivity index (χ0n) is 16.5. The normalized spacial score (nSPS) is 11.6. The van der Waals surface area contributed by atoms with Crippen LogP contribution in [-0.2, 0) is 13.1 Å². The largest absolute Gasteiger partial charge is 0.203 e. The Kier molecular flexibility index (Phi) is 9.42. The molecule has 26 heavy (non-hydrogen) atoms. The first-order chi connectivity index (χ1) is 12.8. The first kappa shape index (κ1) is 20.1. The van der Waals surface area contributed by atoms with Crippen LogP contribution >= 0.6 is 0 Å². The summed E-state index contributed by atoms with van der Waals surface area (Å²) in [5.74, 6) is 0. The molecule has 0 amide bonds. The number of unbranched alkanes of at least 4 members (excludes halogenated alkanes) is 4. The predicted molar refractivity (Wildman–Crippen MR) is 109 cm³/mol. The molecule has 0 aliphatic carbocycles. The third-order valence-corrected chi connectivity index (χ3v) is 4.76. The van der Waals surface area contributed by atoms with Crippen molar-refractivity contribution in [2.45, 2.75) is 65.5 Å². The number of pyridine rings is 2. The Balaban J connectivity index is 1.48. The third-order valence-electron chi connectivity index (χ3n) is 4.76. The molecule has 0 aliphatic heterocycles. The van der Waals surface area contributed by atoms with E-state index < -0.39 is 0 Å². The minimum absolute atomic E-state index is 1.12. The summed E-state index contributed by atoms with van der Waals surface area (Å²) in [7, 11) is 0. The van der Waals surface area contributed by atoms with Gasteiger partial charge in [-0.15, -0.1) is 0 Å². The number of hydrogen-bond donors (Lipinski definition) is 0. The van der Waals surface area contributed by atoms with Crippen molar-refractivity contribution in [2.75, 3.05) is 0 Å². The van der Waals surface area contributed by atoms with Gasteiger partial charge in [-0.25, -0.2) is 9.13 Å². The number of nitrogens with zero attached hydrogens (tertiary/aromatic N) is 2. The van der Waals surface area contributed by atoms with Crippen molar-refractivity contribution in [1.29, 1.82) is 0 Å². The van der Waals surface area contributed by atoms with E-state index in [4.69, 9.17) is 0 Å². The molecule has 2 heteroatoms. The summed E-state index contributed by atoms with van der Waals surface area (Å²) < 4.78 is 4.66. The number of rotatable bonds is 11. The Hall–Kier alpha value is -2.22. The quantitative estimate of drug-likeness (QED) is 0.305. The molecule has 2 rings (SSSR count). The Labute approximate surface area is 159 Å². The predicted octanol–water partition coefficient (Wildman–Crippen LogP) is 5.03. The zero-order valence-corrected chi connectivity index (χ0v) is 16.5. The van der Waals surface area contributed by atoms with Crippen molar-refractivity contribution in [3.63, 3.8) is 0 Å². The van der Waals surface area contributed by atoms with Crippen LogP contribution in [0, 0.1) is 13.8 Å². The van der Waals surface area contributed by atoms with Gasteiger partial charge in [-0.1, -0.05) is 36.4 Å². The summed E-state index contributed by atoms with van der Waals surface area (Å²) in [4.78, 5) is 0. The molecule has 0 N–H and O–H groups in total. The standard InChI is InChI=1S/C24H34N2/c1-23-17-11-15-21-25(23)19-13-9-7-5-3-4-6-8-10-14-20-26-22-16-12-18-24(26)2/h3-6,11-12,15-18,21-22H,7-10,13-14,19-20H2,1-2H3/q+2/b5-3-,6-4-. The van der Waals surface area contributed by atoms with Gasteiger partial charge in [-0.3, -0.25) is 0 Å². The number of aryl methyl sites for hydroxylation is 4. The van der Waals surface area contributed by atoms with Gasteiger partial charge in [0, 0.05) is 51.0 Å². The number of hydrogen-bond acceptors (Lipinski definition) is 0. The van der Waals surface area contributed by atoms with Crippen LogP contribution in [0.1, 0.15) is 49.9 Å². The van der Waals surface area contributed by atoms with E-state index in [1.807, 2.05) is 0 Å². The molecule has 138 valence electrons. The molecular weight excluding hydrogens is 316 g/mol. The van der Waals surface area contributed by atoms with Crippen LogP contribution in [0.2, 0.25) is 0 Å². The molecule has 0 saturated carbocycles. The zero-order chi connectivity index (χ0) is 18.5. The SMILES string of the molecule is Cc1cccc[n+]1CCCC/C=C\C=C/CCCC[n+]1ccccc1C. The third kappa shape index (κ3) is 7.77. The van der Waals surface area contributed by atoms with Gasteiger partial charge in [-0.05, 0) is 25.7 Å². The number of allylic oxidation sites excluding steroid dienone is 4. The fourth-order valence-corrected chi connectivity index (χ4v) is 3.06. The van der Waals surface area contributed by atoms with E-state index in [2.05, 4.69) is 96.1 Å². The van der Waals surface area contributed by atoms with Crippen LogP contribution < -0.4 is 9.13 Å². The lowest BCUT2D eigenvalue weighted by atomic mass is 10.2. The van der Waals surface area contributed by atoms with Crippen LogP contribution in [0.25, 0.3) is 0 Å². The average Bonchev–Trinajstić information content (AvgIpc) is 2.65. The highest BCUT2D eigenvalue weighted by molar-refractivity contribution is 5.02. The van der Waals surface area contributed by atoms with Crippen LogP contribution in [0.5, 0.6) is 0 Å². The van der Waals surface area contributed by atoms with E-state index in [1.54, 1.807) is 0 Å². The van der Waals surface area contributed by atoms with Crippen LogP contribution in [0.4, 0.5) is 0 Å². The summed E-state index contributed by atoms with van der Waals surface area (Å²) in [6.45, 7) is 6.58. The molecule has 0 aliphatic rings. The van der Waals surface area contributed by atoms with Crippen molar-refractivity contribution in [2.24, 2.45) is 0 Å². The van der Waals surface area contributed by atoms with E-state index in [1.165, 1.54) is 49.9 Å². The molecule has 2 nitrogen and oxygen atoms in total. The highest BCUT2D eigenvalue weighted by Gasteiger charge is 2.03. The van der Waals surface area contributed by atoms with Gasteiger partial charge in [0.15, 0.2) is 23.8 Å². The number of aromatic nitrogens is 2. The lowest BCUT2D eigenvalue weighted by Crippen LogP contribution is -2.36. The smallest absolute Gasteiger partial charge is 0.178 e. The maximum atomic E-state index is 2.33. The van der Waals surface area contributed by atoms with Gasteiger partial charge in [0.05, 0.1) is 0 Å². The molecule has 0 unspecified atom stereocenters. The highest BCUT2D eigenvalue weighted by Crippen LogP contribution is 2.00. The summed E-state index contributed by atoms with van der Waals surface area (Å²) in [6.07, 6.45) is 20.6. The topological polar surface area (TPSA) is 7.76 Å². The van der Waals surface area contributed by atoms with Crippen LogP contribution in [-0.4, -0.2) is 0 Å². The Bertz CT molecular complexity index is 639. The van der Waals surface area contributed by atoms with Crippen molar-refractivity contribution < 1.29 is 9.13 Å². The first-order valence-electron chi connectivity index (χ1n) is 9.99. The van der Waals surface area contributed by atoms with Gasteiger partial charge in [0.2, 0.25) is 0 Å². The second-order valence-corrected chi connectivity index (χ2v) is 6.92. The maximum Gasteiger partial charge on any atom is 0.178 e. The van der Waals surface area contributed by atoms with Crippen molar-refractivity contribution >= 4 is 0 Å². The molecule has 2 aromatic rings. The molecule has 0 spiro atoms. The molecule has 0 radical (unpaired) electrons. The van der Waals surface area contributed by atoms with Gasteiger partial charge < -0.3 is 0 Å². The Morgan fingerprint density at radius 3 is 1.54 bits per heavy atom. The summed E-state index contributed by atoms with van der Waals surface area (Å²) in [6, 6.07) is 12.8. The molecule has 2 aromatic heterocycles. The molecule has 0 bridgehead atoms. The second-order valence-electron chi connectivity index (χ2n) is 6.92. The first-order valence-corrected chi connectivity index (χ1v) is 9.99. The Morgan fingerprint density at radius 2 is 1.12 bits per heavy atom. The summed E-state index contributed by atoms with van der Waals surface area (Å²) in [5.41, 5.74) is 2.68. The fourth-order valence-electron chi connectivity index (χ4n) is 3.06. The van der Waals surface area contributed by atoms with Gasteiger partial charge in [0.25, 0.3) is 0 Å². The van der Waals surface area contributed by atoms with E-state index in [0.717, 1.165) is 13.1 Å². The Morgan fingerprint density at radius 1 is 0.654 bits per heavy atom. The summed E-state index contributed by atoms with van der Waals surface area (Å²) >= 11 is 0. The lowest BCUT2D eigenvalue weighted by molar-refractivity contribution is -0.703. The van der Waals surface area contributed by atoms with Crippen molar-refractivity contribution in [1.82, 2.24) is 0 Å². The minimum atomic E-state index is 1.12.